The number of fused-ring (bicyclic) bond motifs is 2. The van der Waals surface area contributed by atoms with Gasteiger partial charge in [-0.05, 0) is 31.1 Å². The topological polar surface area (TPSA) is 29.9 Å². The van der Waals surface area contributed by atoms with Gasteiger partial charge in [-0.1, -0.05) is 6.42 Å². The van der Waals surface area contributed by atoms with Crippen LogP contribution in [0.1, 0.15) is 25.7 Å². The van der Waals surface area contributed by atoms with E-state index in [0.717, 1.165) is 17.9 Å². The molecule has 2 aliphatic rings. The summed E-state index contributed by atoms with van der Waals surface area (Å²) in [7, 11) is 1.96. The zero-order valence-electron chi connectivity index (χ0n) is 8.61. The zero-order valence-corrected chi connectivity index (χ0v) is 8.61. The van der Waals surface area contributed by atoms with Gasteiger partial charge in [-0.3, -0.25) is 4.68 Å². The number of nitrogens with one attached hydrogen (secondary N) is 1. The molecule has 0 saturated heterocycles. The Kier molecular flexibility index (Phi) is 1.79. The Morgan fingerprint density at radius 1 is 1.43 bits per heavy atom. The van der Waals surface area contributed by atoms with Gasteiger partial charge in [0, 0.05) is 19.3 Å². The van der Waals surface area contributed by atoms with Gasteiger partial charge in [-0.15, -0.1) is 0 Å². The van der Waals surface area contributed by atoms with Gasteiger partial charge in [-0.2, -0.15) is 5.10 Å². The maximum atomic E-state index is 4.17. The Morgan fingerprint density at radius 2 is 2.36 bits per heavy atom. The molecular weight excluding hydrogens is 174 g/mol. The SMILES string of the molecule is Cn1cc(N[C@@H]2C[C@H]3CC[C@H]2C3)cn1. The van der Waals surface area contributed by atoms with Gasteiger partial charge >= 0.3 is 0 Å². The van der Waals surface area contributed by atoms with E-state index < -0.39 is 0 Å². The molecule has 0 amide bonds. The Labute approximate surface area is 84.5 Å². The first-order chi connectivity index (χ1) is 6.81. The molecule has 2 bridgehead atoms. The van der Waals surface area contributed by atoms with Gasteiger partial charge in [0.1, 0.15) is 0 Å². The minimum absolute atomic E-state index is 0.720. The van der Waals surface area contributed by atoms with Gasteiger partial charge in [0.05, 0.1) is 11.9 Å². The molecule has 76 valence electrons. The number of hydrogen-bond donors (Lipinski definition) is 1. The van der Waals surface area contributed by atoms with Gasteiger partial charge < -0.3 is 5.32 Å². The summed E-state index contributed by atoms with van der Waals surface area (Å²) in [5.41, 5.74) is 1.19. The minimum atomic E-state index is 0.720. The van der Waals surface area contributed by atoms with Crippen molar-refractivity contribution in [2.45, 2.75) is 31.7 Å². The molecule has 14 heavy (non-hydrogen) atoms. The number of aryl methyl sites for hydroxylation is 1. The smallest absolute Gasteiger partial charge is 0.0728 e. The van der Waals surface area contributed by atoms with Crippen LogP contribution in [0.25, 0.3) is 0 Å². The summed E-state index contributed by atoms with van der Waals surface area (Å²) in [6.07, 6.45) is 9.72. The van der Waals surface area contributed by atoms with Crippen molar-refractivity contribution in [2.24, 2.45) is 18.9 Å². The third kappa shape index (κ3) is 1.31. The van der Waals surface area contributed by atoms with E-state index in [1.807, 2.05) is 17.9 Å². The average Bonchev–Trinajstić information content (AvgIpc) is 2.82. The van der Waals surface area contributed by atoms with Gasteiger partial charge in [-0.25, -0.2) is 0 Å². The molecule has 0 aliphatic heterocycles. The van der Waals surface area contributed by atoms with E-state index in [9.17, 15) is 0 Å². The lowest BCUT2D eigenvalue weighted by Gasteiger charge is -2.22. The van der Waals surface area contributed by atoms with Crippen molar-refractivity contribution in [2.75, 3.05) is 5.32 Å². The summed E-state index contributed by atoms with van der Waals surface area (Å²) in [5, 5.41) is 7.78. The number of anilines is 1. The second-order valence-corrected chi connectivity index (χ2v) is 4.83. The van der Waals surface area contributed by atoms with E-state index >= 15 is 0 Å². The summed E-state index contributed by atoms with van der Waals surface area (Å²) in [5.74, 6) is 1.94. The summed E-state index contributed by atoms with van der Waals surface area (Å²) < 4.78 is 1.86. The van der Waals surface area contributed by atoms with Crippen LogP contribution in [0.15, 0.2) is 12.4 Å². The molecule has 0 spiro atoms. The first-order valence-corrected chi connectivity index (χ1v) is 5.56. The van der Waals surface area contributed by atoms with Crippen molar-refractivity contribution >= 4 is 5.69 Å². The molecule has 3 nitrogen and oxygen atoms in total. The van der Waals surface area contributed by atoms with E-state index in [1.54, 1.807) is 0 Å². The Hall–Kier alpha value is -0.990. The van der Waals surface area contributed by atoms with Gasteiger partial charge in [0.25, 0.3) is 0 Å². The molecule has 3 atom stereocenters. The quantitative estimate of drug-likeness (QED) is 0.775. The first kappa shape index (κ1) is 8.33. The van der Waals surface area contributed by atoms with Crippen molar-refractivity contribution in [3.63, 3.8) is 0 Å². The maximum absolute atomic E-state index is 4.17. The predicted molar refractivity (Wildman–Crippen MR) is 56.1 cm³/mol. The maximum Gasteiger partial charge on any atom is 0.0728 e. The normalized spacial score (nSPS) is 35.1. The molecule has 1 N–H and O–H groups in total. The number of hydrogen-bond acceptors (Lipinski definition) is 2. The van der Waals surface area contributed by atoms with Gasteiger partial charge in [0.2, 0.25) is 0 Å². The molecule has 1 aromatic heterocycles. The first-order valence-electron chi connectivity index (χ1n) is 5.56. The van der Waals surface area contributed by atoms with E-state index in [1.165, 1.54) is 31.4 Å². The van der Waals surface area contributed by atoms with Crippen LogP contribution in [0.3, 0.4) is 0 Å². The van der Waals surface area contributed by atoms with Crippen LogP contribution in [-0.2, 0) is 7.05 Å². The van der Waals surface area contributed by atoms with Crippen LogP contribution in [0.4, 0.5) is 5.69 Å². The fourth-order valence-electron chi connectivity index (χ4n) is 3.13. The van der Waals surface area contributed by atoms with Crippen molar-refractivity contribution in [1.29, 1.82) is 0 Å². The minimum Gasteiger partial charge on any atom is -0.379 e. The molecule has 2 saturated carbocycles. The number of nitrogens with zero attached hydrogens (tertiary/aromatic N) is 2. The van der Waals surface area contributed by atoms with Crippen LogP contribution in [-0.4, -0.2) is 15.8 Å². The van der Waals surface area contributed by atoms with Crippen molar-refractivity contribution in [1.82, 2.24) is 9.78 Å². The van der Waals surface area contributed by atoms with Crippen molar-refractivity contribution < 1.29 is 0 Å². The zero-order chi connectivity index (χ0) is 9.54. The summed E-state index contributed by atoms with van der Waals surface area (Å²) in [6.45, 7) is 0. The lowest BCUT2D eigenvalue weighted by Crippen LogP contribution is -2.25. The molecule has 0 aromatic carbocycles. The highest BCUT2D eigenvalue weighted by molar-refractivity contribution is 5.40. The van der Waals surface area contributed by atoms with Crippen molar-refractivity contribution in [3.8, 4) is 0 Å². The highest BCUT2D eigenvalue weighted by Crippen LogP contribution is 2.45. The Morgan fingerprint density at radius 3 is 2.93 bits per heavy atom. The third-order valence-corrected chi connectivity index (χ3v) is 3.80. The average molecular weight is 191 g/mol. The molecule has 2 aliphatic carbocycles. The van der Waals surface area contributed by atoms with Crippen LogP contribution in [0.2, 0.25) is 0 Å². The van der Waals surface area contributed by atoms with E-state index in [-0.39, 0.29) is 0 Å². The molecular formula is C11H17N3. The fourth-order valence-corrected chi connectivity index (χ4v) is 3.13. The molecule has 0 unspecified atom stereocenters. The number of rotatable bonds is 2. The second kappa shape index (κ2) is 3.01. The predicted octanol–water partition coefficient (Wildman–Crippen LogP) is 2.02. The fraction of sp³-hybridized carbons (Fsp3) is 0.727. The Balaban J connectivity index is 1.68. The summed E-state index contributed by atoms with van der Waals surface area (Å²) >= 11 is 0. The van der Waals surface area contributed by atoms with Crippen LogP contribution < -0.4 is 5.32 Å². The lowest BCUT2D eigenvalue weighted by atomic mass is 9.95. The van der Waals surface area contributed by atoms with Crippen molar-refractivity contribution in [3.05, 3.63) is 12.4 Å². The molecule has 3 heteroatoms. The molecule has 1 aromatic rings. The standard InChI is InChI=1S/C11H17N3/c1-14-7-10(6-12-14)13-11-5-8-2-3-9(11)4-8/h6-9,11,13H,2-5H2,1H3/t8-,9-,11+/m0/s1. The van der Waals surface area contributed by atoms with E-state index in [2.05, 4.69) is 16.6 Å². The van der Waals surface area contributed by atoms with Crippen LogP contribution in [0, 0.1) is 11.8 Å². The molecule has 1 heterocycles. The monoisotopic (exact) mass is 191 g/mol. The van der Waals surface area contributed by atoms with Gasteiger partial charge in [0.15, 0.2) is 0 Å². The lowest BCUT2D eigenvalue weighted by molar-refractivity contribution is 0.440. The second-order valence-electron chi connectivity index (χ2n) is 4.83. The Bertz CT molecular complexity index is 331. The van der Waals surface area contributed by atoms with E-state index in [0.29, 0.717) is 0 Å². The van der Waals surface area contributed by atoms with E-state index in [4.69, 9.17) is 0 Å². The number of aromatic nitrogens is 2. The van der Waals surface area contributed by atoms with Crippen LogP contribution >= 0.6 is 0 Å². The highest BCUT2D eigenvalue weighted by Gasteiger charge is 2.39. The van der Waals surface area contributed by atoms with Crippen LogP contribution in [0.5, 0.6) is 0 Å². The largest absolute Gasteiger partial charge is 0.379 e. The molecule has 2 fully saturated rings. The third-order valence-electron chi connectivity index (χ3n) is 3.80. The molecule has 0 radical (unpaired) electrons. The summed E-state index contributed by atoms with van der Waals surface area (Å²) in [6, 6.07) is 0.720. The molecule has 3 rings (SSSR count). The summed E-state index contributed by atoms with van der Waals surface area (Å²) in [4.78, 5) is 0. The highest BCUT2D eigenvalue weighted by atomic mass is 15.3.